The van der Waals surface area contributed by atoms with E-state index in [1.54, 1.807) is 0 Å². The first-order valence-electron chi connectivity index (χ1n) is 15.9. The van der Waals surface area contributed by atoms with Crippen LogP contribution in [-0.2, 0) is 42.8 Å². The molecule has 6 rings (SSSR count). The van der Waals surface area contributed by atoms with Gasteiger partial charge in [0.15, 0.2) is 14.1 Å². The van der Waals surface area contributed by atoms with Gasteiger partial charge in [-0.05, 0) is 24.3 Å². The molecule has 0 saturated carbocycles. The molecule has 0 spiro atoms. The van der Waals surface area contributed by atoms with Crippen molar-refractivity contribution in [3.8, 4) is 45.0 Å². The lowest BCUT2D eigenvalue weighted by Crippen LogP contribution is -2.39. The SMILES string of the molecule is CC(C)C[NH-].COS(=O)(=O)[O-].Cn1c(-c2ccccc2)cc(-c2ccccc2)[n+]1C.Cn1c(-c2ccccc2)cc(-c2ccccc2)[n+]1C. The third kappa shape index (κ3) is 11.4. The van der Waals surface area contributed by atoms with Crippen molar-refractivity contribution in [2.75, 3.05) is 13.7 Å². The minimum Gasteiger partial charge on any atom is -0.726 e. The van der Waals surface area contributed by atoms with Crippen LogP contribution in [0, 0.1) is 5.92 Å². The topological polar surface area (TPSA) is 108 Å². The molecule has 2 aromatic heterocycles. The van der Waals surface area contributed by atoms with Crippen molar-refractivity contribution in [2.24, 2.45) is 34.1 Å². The monoisotopic (exact) mass is 681 g/mol. The maximum Gasteiger partial charge on any atom is 0.238 e. The summed E-state index contributed by atoms with van der Waals surface area (Å²) in [5.74, 6) is 0.551. The average Bonchev–Trinajstić information content (AvgIpc) is 3.60. The summed E-state index contributed by atoms with van der Waals surface area (Å²) in [7, 11) is 4.76. The van der Waals surface area contributed by atoms with Gasteiger partial charge in [-0.1, -0.05) is 117 Å². The van der Waals surface area contributed by atoms with Gasteiger partial charge in [0.1, 0.15) is 11.4 Å². The largest absolute Gasteiger partial charge is 0.726 e. The predicted molar refractivity (Wildman–Crippen MR) is 196 cm³/mol. The third-order valence-electron chi connectivity index (χ3n) is 7.73. The van der Waals surface area contributed by atoms with Gasteiger partial charge in [-0.15, -0.1) is 15.9 Å². The van der Waals surface area contributed by atoms with Gasteiger partial charge in [0.2, 0.25) is 21.8 Å². The Hall–Kier alpha value is -4.87. The zero-order valence-electron chi connectivity index (χ0n) is 29.3. The predicted octanol–water partition coefficient (Wildman–Crippen LogP) is 7.15. The number of rotatable bonds is 6. The Labute approximate surface area is 291 Å². The molecule has 9 nitrogen and oxygen atoms in total. The molecule has 49 heavy (non-hydrogen) atoms. The minimum absolute atomic E-state index is 0.551. The summed E-state index contributed by atoms with van der Waals surface area (Å²) in [5.41, 5.74) is 16.5. The van der Waals surface area contributed by atoms with Crippen LogP contribution in [0.4, 0.5) is 0 Å². The lowest BCUT2D eigenvalue weighted by atomic mass is 10.1. The van der Waals surface area contributed by atoms with E-state index in [0.29, 0.717) is 12.5 Å². The molecule has 0 bridgehead atoms. The molecule has 0 atom stereocenters. The van der Waals surface area contributed by atoms with E-state index < -0.39 is 10.4 Å². The standard InChI is InChI=1S/2C17H17N2.C4H10N.CH4O4S/c2*1-18-16(14-9-5-3-6-10-14)13-17(19(18)2)15-11-7-4-8-12-15;1-4(2)3-5;1-5-6(2,3)4/h2*3-13H,1-2H3;4-5H,3H2,1-2H3;1H3,(H,2,3,4)/q2*+1;-1;/p-1. The number of nitrogens with zero attached hydrogens (tertiary/aromatic N) is 4. The van der Waals surface area contributed by atoms with Gasteiger partial charge in [0.25, 0.3) is 0 Å². The number of benzene rings is 4. The number of nitrogens with one attached hydrogen (secondary N) is 1. The van der Waals surface area contributed by atoms with E-state index in [1.807, 2.05) is 38.1 Å². The van der Waals surface area contributed by atoms with Crippen molar-refractivity contribution in [1.82, 2.24) is 9.36 Å². The van der Waals surface area contributed by atoms with Crippen LogP contribution >= 0.6 is 0 Å². The maximum atomic E-state index is 9.22. The van der Waals surface area contributed by atoms with E-state index in [4.69, 9.17) is 5.73 Å². The van der Waals surface area contributed by atoms with E-state index in [1.165, 1.54) is 45.0 Å². The molecule has 2 heterocycles. The minimum atomic E-state index is -4.41. The molecule has 10 heteroatoms. The van der Waals surface area contributed by atoms with Crippen LogP contribution < -0.4 is 9.36 Å². The van der Waals surface area contributed by atoms with E-state index in [2.05, 4.69) is 160 Å². The molecule has 4 aromatic carbocycles. The summed E-state index contributed by atoms with van der Waals surface area (Å²) in [6.45, 7) is 4.62. The van der Waals surface area contributed by atoms with Crippen LogP contribution in [-0.4, -0.2) is 36.0 Å². The Kier molecular flexibility index (Phi) is 14.7. The molecule has 1 N–H and O–H groups in total. The highest BCUT2D eigenvalue weighted by Gasteiger charge is 2.20. The van der Waals surface area contributed by atoms with E-state index in [9.17, 15) is 13.0 Å². The summed E-state index contributed by atoms with van der Waals surface area (Å²) >= 11 is 0. The molecule has 0 aliphatic carbocycles. The lowest BCUT2D eigenvalue weighted by molar-refractivity contribution is -0.740. The number of aromatic nitrogens is 4. The summed E-state index contributed by atoms with van der Waals surface area (Å²) < 4.78 is 39.7. The molecule has 258 valence electrons. The molecule has 0 fully saturated rings. The number of hydrogen-bond donors (Lipinski definition) is 0. The summed E-state index contributed by atoms with van der Waals surface area (Å²) in [6.07, 6.45) is 0. The highest BCUT2D eigenvalue weighted by Crippen LogP contribution is 2.25. The first-order valence-corrected chi connectivity index (χ1v) is 17.2. The Bertz CT molecular complexity index is 1710. The summed E-state index contributed by atoms with van der Waals surface area (Å²) in [4.78, 5) is 0. The van der Waals surface area contributed by atoms with Gasteiger partial charge < -0.3 is 10.3 Å². The highest BCUT2D eigenvalue weighted by atomic mass is 32.3. The summed E-state index contributed by atoms with van der Waals surface area (Å²) in [5, 5.41) is 0. The molecule has 6 aromatic rings. The van der Waals surface area contributed by atoms with Gasteiger partial charge in [-0.3, -0.25) is 4.18 Å². The normalized spacial score (nSPS) is 10.7. The maximum absolute atomic E-state index is 9.22. The second-order valence-corrected chi connectivity index (χ2v) is 12.7. The molecule has 0 radical (unpaired) electrons. The van der Waals surface area contributed by atoms with Crippen LogP contribution in [0.25, 0.3) is 50.8 Å². The van der Waals surface area contributed by atoms with E-state index >= 15 is 0 Å². The van der Waals surface area contributed by atoms with Crippen molar-refractivity contribution >= 4 is 10.4 Å². The van der Waals surface area contributed by atoms with Gasteiger partial charge in [-0.2, -0.15) is 9.36 Å². The Morgan fingerprint density at radius 3 is 1.10 bits per heavy atom. The molecule has 0 aliphatic heterocycles. The molecule has 0 unspecified atom stereocenters. The first-order chi connectivity index (χ1) is 23.4. The fourth-order valence-electron chi connectivity index (χ4n) is 4.80. The van der Waals surface area contributed by atoms with Crippen molar-refractivity contribution in [2.45, 2.75) is 13.8 Å². The van der Waals surface area contributed by atoms with Gasteiger partial charge in [-0.25, -0.2) is 8.42 Å². The summed E-state index contributed by atoms with van der Waals surface area (Å²) in [6, 6.07) is 46.4. The Morgan fingerprint density at radius 1 is 0.633 bits per heavy atom. The Morgan fingerprint density at radius 2 is 0.878 bits per heavy atom. The molecular weight excluding hydrogens is 635 g/mol. The second kappa shape index (κ2) is 18.6. The first kappa shape index (κ1) is 38.6. The van der Waals surface area contributed by atoms with Crippen LogP contribution in [0.5, 0.6) is 0 Å². The van der Waals surface area contributed by atoms with Gasteiger partial charge >= 0.3 is 0 Å². The quantitative estimate of drug-likeness (QED) is 0.106. The highest BCUT2D eigenvalue weighted by molar-refractivity contribution is 7.80. The molecule has 0 aliphatic rings. The molecule has 0 saturated heterocycles. The Balaban J connectivity index is 0.000000205. The van der Waals surface area contributed by atoms with Crippen LogP contribution in [0.2, 0.25) is 0 Å². The van der Waals surface area contributed by atoms with Crippen LogP contribution in [0.3, 0.4) is 0 Å². The average molecular weight is 682 g/mol. The number of hydrogen-bond acceptors (Lipinski definition) is 4. The smallest absolute Gasteiger partial charge is 0.238 e. The van der Waals surface area contributed by atoms with E-state index in [0.717, 1.165) is 7.11 Å². The molecular formula is C39H47N5O4S. The van der Waals surface area contributed by atoms with Gasteiger partial charge in [0, 0.05) is 34.4 Å². The van der Waals surface area contributed by atoms with Crippen LogP contribution in [0.15, 0.2) is 133 Å². The second-order valence-electron chi connectivity index (χ2n) is 11.6. The van der Waals surface area contributed by atoms with Crippen molar-refractivity contribution in [1.29, 1.82) is 0 Å². The fraction of sp³-hybridized carbons (Fsp3) is 0.231. The lowest BCUT2D eigenvalue weighted by Gasteiger charge is -2.00. The van der Waals surface area contributed by atoms with Gasteiger partial charge in [0.05, 0.1) is 21.2 Å². The zero-order chi connectivity index (χ0) is 36.0. The van der Waals surface area contributed by atoms with E-state index in [-0.39, 0.29) is 0 Å². The van der Waals surface area contributed by atoms with Crippen molar-refractivity contribution in [3.63, 3.8) is 0 Å². The van der Waals surface area contributed by atoms with Crippen molar-refractivity contribution < 1.29 is 26.5 Å². The molecule has 0 amide bonds. The fourth-order valence-corrected chi connectivity index (χ4v) is 4.80. The van der Waals surface area contributed by atoms with Crippen LogP contribution in [0.1, 0.15) is 13.8 Å². The third-order valence-corrected chi connectivity index (χ3v) is 8.14. The van der Waals surface area contributed by atoms with Crippen molar-refractivity contribution in [3.05, 3.63) is 139 Å². The zero-order valence-corrected chi connectivity index (χ0v) is 30.1.